The fourth-order valence-electron chi connectivity index (χ4n) is 2.72. The Balaban J connectivity index is 0.000000298. The highest BCUT2D eigenvalue weighted by atomic mass is 16.5. The molecule has 1 aliphatic rings. The van der Waals surface area contributed by atoms with Gasteiger partial charge in [-0.05, 0) is 50.3 Å². The predicted molar refractivity (Wildman–Crippen MR) is 104 cm³/mol. The van der Waals surface area contributed by atoms with Crippen molar-refractivity contribution in [2.24, 2.45) is 0 Å². The zero-order chi connectivity index (χ0) is 19.0. The number of hydrogen-bond donors (Lipinski definition) is 1. The maximum atomic E-state index is 11.2. The largest absolute Gasteiger partial charge is 0.462 e. The van der Waals surface area contributed by atoms with E-state index in [1.165, 1.54) is 16.7 Å². The molecule has 1 atom stereocenters. The van der Waals surface area contributed by atoms with Crippen molar-refractivity contribution in [3.05, 3.63) is 60.2 Å². The first kappa shape index (κ1) is 19.7. The number of ether oxygens (including phenoxy) is 1. The molecule has 1 saturated heterocycles. The molecule has 4 heteroatoms. The van der Waals surface area contributed by atoms with Crippen molar-refractivity contribution in [1.29, 1.82) is 0 Å². The molecule has 1 amide bonds. The van der Waals surface area contributed by atoms with E-state index in [1.807, 2.05) is 26.8 Å². The molecule has 0 aromatic heterocycles. The molecule has 4 nitrogen and oxygen atoms in total. The van der Waals surface area contributed by atoms with E-state index in [4.69, 9.17) is 0 Å². The van der Waals surface area contributed by atoms with Crippen LogP contribution in [0.2, 0.25) is 0 Å². The molecule has 3 rings (SSSR count). The molecule has 0 bridgehead atoms. The van der Waals surface area contributed by atoms with E-state index >= 15 is 0 Å². The summed E-state index contributed by atoms with van der Waals surface area (Å²) in [6, 6.07) is 19.3. The zero-order valence-corrected chi connectivity index (χ0v) is 15.7. The third kappa shape index (κ3) is 6.71. The monoisotopic (exact) mass is 353 g/mol. The van der Waals surface area contributed by atoms with Crippen LogP contribution in [-0.4, -0.2) is 24.0 Å². The van der Waals surface area contributed by atoms with E-state index < -0.39 is 0 Å². The maximum absolute atomic E-state index is 11.2. The molecule has 1 aliphatic heterocycles. The molecule has 1 N–H and O–H groups in total. The smallest absolute Gasteiger partial charge is 0.293 e. The van der Waals surface area contributed by atoms with Gasteiger partial charge in [-0.3, -0.25) is 9.59 Å². The van der Waals surface area contributed by atoms with Crippen LogP contribution in [0.5, 0.6) is 0 Å². The van der Waals surface area contributed by atoms with Gasteiger partial charge in [0.15, 0.2) is 0 Å². The average Bonchev–Trinajstić information content (AvgIpc) is 3.01. The highest BCUT2D eigenvalue weighted by Crippen LogP contribution is 2.20. The van der Waals surface area contributed by atoms with Crippen LogP contribution < -0.4 is 5.32 Å². The lowest BCUT2D eigenvalue weighted by Gasteiger charge is -2.14. The summed E-state index contributed by atoms with van der Waals surface area (Å²) in [5, 5.41) is 3.01. The normalized spacial score (nSPS) is 16.3. The number of carbonyl (C=O) groups excluding carboxylic acids is 2. The second-order valence-electron chi connectivity index (χ2n) is 7.40. The minimum Gasteiger partial charge on any atom is -0.462 e. The molecule has 26 heavy (non-hydrogen) atoms. The third-order valence-electron chi connectivity index (χ3n) is 4.03. The van der Waals surface area contributed by atoms with Crippen LogP contribution in [0.25, 0.3) is 11.1 Å². The van der Waals surface area contributed by atoms with Crippen molar-refractivity contribution >= 4 is 12.4 Å². The van der Waals surface area contributed by atoms with Gasteiger partial charge in [-0.15, -0.1) is 0 Å². The fraction of sp³-hybridized carbons (Fsp3) is 0.364. The first-order valence-corrected chi connectivity index (χ1v) is 8.92. The van der Waals surface area contributed by atoms with Gasteiger partial charge in [0.1, 0.15) is 5.60 Å². The Labute approximate surface area is 155 Å². The Morgan fingerprint density at radius 2 is 1.65 bits per heavy atom. The van der Waals surface area contributed by atoms with E-state index in [0.29, 0.717) is 18.9 Å². The second kappa shape index (κ2) is 9.18. The molecular formula is C22H27NO3. The van der Waals surface area contributed by atoms with Crippen LogP contribution >= 0.6 is 0 Å². The van der Waals surface area contributed by atoms with Gasteiger partial charge in [-0.25, -0.2) is 0 Å². The van der Waals surface area contributed by atoms with Gasteiger partial charge >= 0.3 is 0 Å². The fourth-order valence-corrected chi connectivity index (χ4v) is 2.72. The minimum atomic E-state index is -0.318. The lowest BCUT2D eigenvalue weighted by molar-refractivity contribution is -0.138. The number of rotatable bonds is 4. The van der Waals surface area contributed by atoms with Crippen molar-refractivity contribution in [3.63, 3.8) is 0 Å². The second-order valence-corrected chi connectivity index (χ2v) is 7.40. The summed E-state index contributed by atoms with van der Waals surface area (Å²) >= 11 is 0. The van der Waals surface area contributed by atoms with Gasteiger partial charge in [0.25, 0.3) is 6.47 Å². The number of nitrogens with one attached hydrogen (secondary N) is 1. The Bertz CT molecular complexity index is 702. The molecule has 0 spiro atoms. The molecule has 0 aliphatic carbocycles. The van der Waals surface area contributed by atoms with Crippen molar-refractivity contribution < 1.29 is 14.3 Å². The predicted octanol–water partition coefficient (Wildman–Crippen LogP) is 4.13. The van der Waals surface area contributed by atoms with Crippen LogP contribution in [0.15, 0.2) is 54.6 Å². The van der Waals surface area contributed by atoms with Crippen LogP contribution in [0, 0.1) is 0 Å². The van der Waals surface area contributed by atoms with E-state index in [2.05, 4.69) is 58.6 Å². The van der Waals surface area contributed by atoms with Crippen molar-refractivity contribution in [1.82, 2.24) is 5.32 Å². The number of carbonyl (C=O) groups is 2. The Hall–Kier alpha value is -2.62. The van der Waals surface area contributed by atoms with Crippen LogP contribution in [-0.2, 0) is 20.7 Å². The first-order valence-electron chi connectivity index (χ1n) is 8.92. The molecule has 2 aromatic carbocycles. The topological polar surface area (TPSA) is 55.4 Å². The molecule has 1 heterocycles. The van der Waals surface area contributed by atoms with Gasteiger partial charge < -0.3 is 10.1 Å². The summed E-state index contributed by atoms with van der Waals surface area (Å²) in [5.41, 5.74) is 3.44. The average molecular weight is 353 g/mol. The van der Waals surface area contributed by atoms with Crippen LogP contribution in [0.4, 0.5) is 0 Å². The molecule has 0 radical (unpaired) electrons. The van der Waals surface area contributed by atoms with Gasteiger partial charge in [0, 0.05) is 12.5 Å². The summed E-state index contributed by atoms with van der Waals surface area (Å²) in [6.45, 7) is 5.92. The summed E-state index contributed by atoms with van der Waals surface area (Å²) in [4.78, 5) is 20.8. The van der Waals surface area contributed by atoms with E-state index in [0.717, 1.165) is 12.8 Å². The Morgan fingerprint density at radius 1 is 1.04 bits per heavy atom. The minimum absolute atomic E-state index is 0.186. The first-order chi connectivity index (χ1) is 12.4. The Morgan fingerprint density at radius 3 is 2.12 bits per heavy atom. The number of hydrogen-bond acceptors (Lipinski definition) is 3. The quantitative estimate of drug-likeness (QED) is 0.841. The van der Waals surface area contributed by atoms with E-state index in [9.17, 15) is 9.59 Å². The summed E-state index contributed by atoms with van der Waals surface area (Å²) in [7, 11) is 0. The highest BCUT2D eigenvalue weighted by molar-refractivity contribution is 5.78. The molecule has 2 aromatic rings. The third-order valence-corrected chi connectivity index (χ3v) is 4.03. The molecular weight excluding hydrogens is 326 g/mol. The molecule has 138 valence electrons. The zero-order valence-electron chi connectivity index (χ0n) is 15.7. The summed E-state index contributed by atoms with van der Waals surface area (Å²) in [6.07, 6.45) is 2.56. The van der Waals surface area contributed by atoms with Gasteiger partial charge in [-0.2, -0.15) is 0 Å². The van der Waals surface area contributed by atoms with Gasteiger partial charge in [0.2, 0.25) is 5.91 Å². The lowest BCUT2D eigenvalue weighted by Crippen LogP contribution is -2.27. The van der Waals surface area contributed by atoms with E-state index in [-0.39, 0.29) is 11.5 Å². The maximum Gasteiger partial charge on any atom is 0.293 e. The van der Waals surface area contributed by atoms with Crippen molar-refractivity contribution in [3.8, 4) is 11.1 Å². The highest BCUT2D eigenvalue weighted by Gasteiger charge is 2.20. The number of benzene rings is 2. The summed E-state index contributed by atoms with van der Waals surface area (Å²) in [5.74, 6) is 0.186. The summed E-state index contributed by atoms with van der Waals surface area (Å²) < 4.78 is 4.55. The van der Waals surface area contributed by atoms with Gasteiger partial charge in [0.05, 0.1) is 0 Å². The van der Waals surface area contributed by atoms with Crippen molar-refractivity contribution in [2.75, 3.05) is 0 Å². The molecule has 0 saturated carbocycles. The van der Waals surface area contributed by atoms with Crippen LogP contribution in [0.1, 0.15) is 39.2 Å². The molecule has 1 unspecified atom stereocenters. The standard InChI is InChI=1S/C17H17NO.C5H10O2/c19-17-11-10-16(18-17)12-13-6-8-15(9-7-13)14-4-2-1-3-5-14;1-5(2,3)7-4-6/h1-9,16H,10-12H2,(H,18,19);4H,1-3H3. The lowest BCUT2D eigenvalue weighted by atomic mass is 10.0. The SMILES string of the molecule is CC(C)(C)OC=O.O=C1CCC(Cc2ccc(-c3ccccc3)cc2)N1. The van der Waals surface area contributed by atoms with Crippen molar-refractivity contribution in [2.45, 2.75) is 51.7 Å². The Kier molecular flexibility index (Phi) is 6.96. The number of amides is 1. The van der Waals surface area contributed by atoms with E-state index in [1.54, 1.807) is 0 Å². The van der Waals surface area contributed by atoms with Crippen LogP contribution in [0.3, 0.4) is 0 Å². The molecule has 1 fully saturated rings. The van der Waals surface area contributed by atoms with Gasteiger partial charge in [-0.1, -0.05) is 54.6 Å².